The van der Waals surface area contributed by atoms with E-state index in [1.54, 1.807) is 12.1 Å². The van der Waals surface area contributed by atoms with Gasteiger partial charge in [0.15, 0.2) is 0 Å². The van der Waals surface area contributed by atoms with Gasteiger partial charge in [0.05, 0.1) is 9.12 Å². The summed E-state index contributed by atoms with van der Waals surface area (Å²) in [4.78, 5) is 11.2. The number of non-ortho nitro benzene ring substituents is 1. The number of hydrogen-bond acceptors (Lipinski definition) is 4. The quantitative estimate of drug-likeness (QED) is 0.366. The molecular weight excluding hydrogens is 266 g/mol. The summed E-state index contributed by atoms with van der Waals surface area (Å²) in [7, 11) is 0. The van der Waals surface area contributed by atoms with E-state index < -0.39 is 4.92 Å². The Hall–Kier alpha value is -1.72. The monoisotopic (exact) mass is 275 g/mol. The van der Waals surface area contributed by atoms with Gasteiger partial charge >= 0.3 is 0 Å². The summed E-state index contributed by atoms with van der Waals surface area (Å²) in [5.41, 5.74) is 0.899. The van der Waals surface area contributed by atoms with Crippen LogP contribution in [0.2, 0.25) is 0 Å². The number of rotatable bonds is 3. The third-order valence-electron chi connectivity index (χ3n) is 2.27. The van der Waals surface area contributed by atoms with Gasteiger partial charge in [-0.15, -0.1) is 0 Å². The van der Waals surface area contributed by atoms with Crippen LogP contribution in [0, 0.1) is 10.1 Å². The van der Waals surface area contributed by atoms with E-state index in [0.29, 0.717) is 4.20 Å². The molecule has 0 spiro atoms. The fourth-order valence-corrected chi connectivity index (χ4v) is 2.56. The van der Waals surface area contributed by atoms with E-state index in [1.807, 2.05) is 30.3 Å². The lowest BCUT2D eigenvalue weighted by atomic mass is 10.2. The first-order valence-corrected chi connectivity index (χ1v) is 6.41. The molecule has 0 aliphatic rings. The molecule has 0 bridgehead atoms. The summed E-state index contributed by atoms with van der Waals surface area (Å²) in [5.74, 6) is 0. The van der Waals surface area contributed by atoms with Crippen LogP contribution in [0.3, 0.4) is 0 Å². The molecule has 0 amide bonds. The maximum atomic E-state index is 10.5. The number of thiocarbonyl (C=S) groups is 1. The molecule has 0 radical (unpaired) electrons. The van der Waals surface area contributed by atoms with E-state index in [9.17, 15) is 10.1 Å². The number of benzene rings is 2. The summed E-state index contributed by atoms with van der Waals surface area (Å²) < 4.78 is 0.705. The second-order valence-corrected chi connectivity index (χ2v) is 5.26. The Balaban J connectivity index is 2.12. The van der Waals surface area contributed by atoms with Crippen LogP contribution < -0.4 is 0 Å². The highest BCUT2D eigenvalue weighted by molar-refractivity contribution is 8.23. The third-order valence-corrected chi connectivity index (χ3v) is 3.68. The third kappa shape index (κ3) is 3.15. The zero-order valence-corrected chi connectivity index (χ0v) is 10.9. The number of nitro benzene ring substituents is 1. The van der Waals surface area contributed by atoms with E-state index >= 15 is 0 Å². The molecule has 0 saturated carbocycles. The van der Waals surface area contributed by atoms with Crippen molar-refractivity contribution in [1.82, 2.24) is 0 Å². The van der Waals surface area contributed by atoms with Crippen LogP contribution in [-0.4, -0.2) is 9.12 Å². The Kier molecular flexibility index (Phi) is 4.07. The summed E-state index contributed by atoms with van der Waals surface area (Å²) in [6.07, 6.45) is 0. The predicted octanol–water partition coefficient (Wildman–Crippen LogP) is 4.06. The van der Waals surface area contributed by atoms with Gasteiger partial charge in [-0.3, -0.25) is 10.1 Å². The Bertz CT molecular complexity index is 567. The van der Waals surface area contributed by atoms with Crippen LogP contribution in [0.15, 0.2) is 59.5 Å². The average molecular weight is 275 g/mol. The van der Waals surface area contributed by atoms with Gasteiger partial charge in [0.2, 0.25) is 0 Å². The topological polar surface area (TPSA) is 43.1 Å². The molecule has 0 heterocycles. The summed E-state index contributed by atoms with van der Waals surface area (Å²) in [5, 5.41) is 10.5. The lowest BCUT2D eigenvalue weighted by Crippen LogP contribution is -1.93. The second-order valence-electron chi connectivity index (χ2n) is 3.51. The van der Waals surface area contributed by atoms with Gasteiger partial charge < -0.3 is 0 Å². The SMILES string of the molecule is O=[N+]([O-])c1ccc(C(=S)Sc2ccccc2)cc1. The Labute approximate surface area is 114 Å². The lowest BCUT2D eigenvalue weighted by molar-refractivity contribution is -0.384. The molecule has 0 aliphatic heterocycles. The fraction of sp³-hybridized carbons (Fsp3) is 0. The minimum Gasteiger partial charge on any atom is -0.258 e. The zero-order valence-electron chi connectivity index (χ0n) is 9.28. The number of nitrogens with zero attached hydrogens (tertiary/aromatic N) is 1. The maximum Gasteiger partial charge on any atom is 0.269 e. The van der Waals surface area contributed by atoms with Crippen molar-refractivity contribution >= 4 is 33.9 Å². The molecule has 0 fully saturated rings. The molecule has 90 valence electrons. The molecule has 0 saturated heterocycles. The smallest absolute Gasteiger partial charge is 0.258 e. The van der Waals surface area contributed by atoms with Crippen molar-refractivity contribution in [2.75, 3.05) is 0 Å². The standard InChI is InChI=1S/C13H9NO2S2/c15-14(16)11-8-6-10(7-9-11)13(17)18-12-4-2-1-3-5-12/h1-9H. The normalized spacial score (nSPS) is 10.0. The average Bonchev–Trinajstić information content (AvgIpc) is 2.40. The first-order chi connectivity index (χ1) is 8.66. The molecule has 5 heteroatoms. The van der Waals surface area contributed by atoms with E-state index in [0.717, 1.165) is 10.5 Å². The number of nitro groups is 1. The molecule has 0 N–H and O–H groups in total. The van der Waals surface area contributed by atoms with Crippen LogP contribution >= 0.6 is 24.0 Å². The second kappa shape index (κ2) is 5.75. The van der Waals surface area contributed by atoms with Gasteiger partial charge in [0, 0.05) is 17.0 Å². The molecule has 2 aromatic rings. The van der Waals surface area contributed by atoms with E-state index in [2.05, 4.69) is 0 Å². The molecular formula is C13H9NO2S2. The maximum absolute atomic E-state index is 10.5. The Morgan fingerprint density at radius 2 is 1.67 bits per heavy atom. The highest BCUT2D eigenvalue weighted by Gasteiger charge is 2.07. The molecule has 0 aliphatic carbocycles. The minimum absolute atomic E-state index is 0.0752. The molecule has 3 nitrogen and oxygen atoms in total. The molecule has 0 aromatic heterocycles. The highest BCUT2D eigenvalue weighted by atomic mass is 32.2. The van der Waals surface area contributed by atoms with Crippen molar-refractivity contribution in [3.8, 4) is 0 Å². The van der Waals surface area contributed by atoms with Crippen LogP contribution in [0.4, 0.5) is 5.69 Å². The largest absolute Gasteiger partial charge is 0.269 e. The van der Waals surface area contributed by atoms with E-state index in [-0.39, 0.29) is 5.69 Å². The van der Waals surface area contributed by atoms with Crippen molar-refractivity contribution in [3.05, 3.63) is 70.3 Å². The van der Waals surface area contributed by atoms with Gasteiger partial charge in [-0.05, 0) is 29.8 Å². The fourth-order valence-electron chi connectivity index (χ4n) is 1.37. The number of thioether (sulfide) groups is 1. The summed E-state index contributed by atoms with van der Waals surface area (Å²) >= 11 is 6.78. The lowest BCUT2D eigenvalue weighted by Gasteiger charge is -2.03. The van der Waals surface area contributed by atoms with E-state index in [1.165, 1.54) is 23.9 Å². The van der Waals surface area contributed by atoms with Crippen LogP contribution in [0.5, 0.6) is 0 Å². The number of hydrogen-bond donors (Lipinski definition) is 0. The van der Waals surface area contributed by atoms with Crippen molar-refractivity contribution in [2.45, 2.75) is 4.90 Å². The first kappa shape index (κ1) is 12.7. The minimum atomic E-state index is -0.419. The van der Waals surface area contributed by atoms with Gasteiger partial charge in [-0.2, -0.15) is 0 Å². The molecule has 0 unspecified atom stereocenters. The van der Waals surface area contributed by atoms with Gasteiger partial charge in [-0.1, -0.05) is 42.2 Å². The van der Waals surface area contributed by atoms with Crippen LogP contribution in [0.25, 0.3) is 0 Å². The Morgan fingerprint density at radius 1 is 1.06 bits per heavy atom. The highest BCUT2D eigenvalue weighted by Crippen LogP contribution is 2.24. The predicted molar refractivity (Wildman–Crippen MR) is 77.1 cm³/mol. The zero-order chi connectivity index (χ0) is 13.0. The van der Waals surface area contributed by atoms with Crippen molar-refractivity contribution < 1.29 is 4.92 Å². The van der Waals surface area contributed by atoms with Crippen LogP contribution in [-0.2, 0) is 0 Å². The van der Waals surface area contributed by atoms with E-state index in [4.69, 9.17) is 12.2 Å². The summed E-state index contributed by atoms with van der Waals surface area (Å²) in [6, 6.07) is 16.1. The molecule has 0 atom stereocenters. The van der Waals surface area contributed by atoms with Crippen LogP contribution in [0.1, 0.15) is 5.56 Å². The van der Waals surface area contributed by atoms with Gasteiger partial charge in [0.25, 0.3) is 5.69 Å². The van der Waals surface area contributed by atoms with Gasteiger partial charge in [0.1, 0.15) is 0 Å². The van der Waals surface area contributed by atoms with Crippen molar-refractivity contribution in [3.63, 3.8) is 0 Å². The summed E-state index contributed by atoms with van der Waals surface area (Å²) in [6.45, 7) is 0. The first-order valence-electron chi connectivity index (χ1n) is 5.18. The molecule has 18 heavy (non-hydrogen) atoms. The van der Waals surface area contributed by atoms with Crippen molar-refractivity contribution in [1.29, 1.82) is 0 Å². The molecule has 2 rings (SSSR count). The Morgan fingerprint density at radius 3 is 2.22 bits per heavy atom. The van der Waals surface area contributed by atoms with Gasteiger partial charge in [-0.25, -0.2) is 0 Å². The van der Waals surface area contributed by atoms with Crippen molar-refractivity contribution in [2.24, 2.45) is 0 Å². The molecule has 2 aromatic carbocycles.